The maximum atomic E-state index is 12.3. The Labute approximate surface area is 150 Å². The van der Waals surface area contributed by atoms with Crippen LogP contribution in [0.2, 0.25) is 0 Å². The number of amides is 1. The summed E-state index contributed by atoms with van der Waals surface area (Å²) in [5.41, 5.74) is 1.29. The average molecular weight is 347 g/mol. The molecule has 0 saturated carbocycles. The van der Waals surface area contributed by atoms with Gasteiger partial charge in [-0.15, -0.1) is 0 Å². The summed E-state index contributed by atoms with van der Waals surface area (Å²) in [5.74, 6) is 1.93. The minimum Gasteiger partial charge on any atom is -0.493 e. The Balaban J connectivity index is 1.36. The van der Waals surface area contributed by atoms with Crippen molar-refractivity contribution in [1.29, 1.82) is 0 Å². The number of carbonyl (C=O) groups excluding carboxylic acids is 1. The summed E-state index contributed by atoms with van der Waals surface area (Å²) in [6.07, 6.45) is 2.27. The molecule has 0 aromatic heterocycles. The number of nitrogens with zero attached hydrogens (tertiary/aromatic N) is 1. The molecule has 0 aliphatic carbocycles. The summed E-state index contributed by atoms with van der Waals surface area (Å²) in [5, 5.41) is 0. The molecule has 0 bridgehead atoms. The van der Waals surface area contributed by atoms with Gasteiger partial charge in [-0.3, -0.25) is 4.79 Å². The molecule has 0 radical (unpaired) electrons. The summed E-state index contributed by atoms with van der Waals surface area (Å²) in [6.45, 7) is 7.73. The van der Waals surface area contributed by atoms with Crippen molar-refractivity contribution < 1.29 is 19.0 Å². The first-order valence-electron chi connectivity index (χ1n) is 9.37. The number of hydrogen-bond donors (Lipinski definition) is 0. The highest BCUT2D eigenvalue weighted by Gasteiger charge is 2.31. The van der Waals surface area contributed by atoms with Gasteiger partial charge in [0.2, 0.25) is 5.91 Å². The van der Waals surface area contributed by atoms with Crippen LogP contribution >= 0.6 is 0 Å². The van der Waals surface area contributed by atoms with Crippen molar-refractivity contribution in [3.63, 3.8) is 0 Å². The lowest BCUT2D eigenvalue weighted by Crippen LogP contribution is -2.41. The van der Waals surface area contributed by atoms with Crippen molar-refractivity contribution in [2.24, 2.45) is 5.92 Å². The van der Waals surface area contributed by atoms with E-state index in [9.17, 15) is 4.79 Å². The van der Waals surface area contributed by atoms with Gasteiger partial charge in [0.15, 0.2) is 6.29 Å². The standard InChI is InChI=1S/C20H29NO4/c1-15(2)16-3-5-18(6-4-16)23-12-9-19(22)21-10-7-17(8-11-21)20-24-13-14-25-20/h3-6,15,17,20H,7-14H2,1-2H3. The smallest absolute Gasteiger partial charge is 0.225 e. The second-order valence-electron chi connectivity index (χ2n) is 7.15. The zero-order valence-electron chi connectivity index (χ0n) is 15.3. The van der Waals surface area contributed by atoms with Gasteiger partial charge in [0.1, 0.15) is 5.75 Å². The van der Waals surface area contributed by atoms with E-state index >= 15 is 0 Å². The van der Waals surface area contributed by atoms with Crippen LogP contribution in [0.4, 0.5) is 0 Å². The number of carbonyl (C=O) groups is 1. The summed E-state index contributed by atoms with van der Waals surface area (Å²) in [7, 11) is 0. The van der Waals surface area contributed by atoms with Gasteiger partial charge in [0, 0.05) is 19.0 Å². The third kappa shape index (κ3) is 4.95. The van der Waals surface area contributed by atoms with Crippen molar-refractivity contribution in [3.8, 4) is 5.75 Å². The van der Waals surface area contributed by atoms with E-state index in [0.29, 0.717) is 38.1 Å². The van der Waals surface area contributed by atoms with Crippen LogP contribution in [0, 0.1) is 5.92 Å². The molecule has 0 N–H and O–H groups in total. The normalized spacial score (nSPS) is 19.6. The van der Waals surface area contributed by atoms with Gasteiger partial charge in [-0.25, -0.2) is 0 Å². The van der Waals surface area contributed by atoms with E-state index in [0.717, 1.165) is 31.7 Å². The van der Waals surface area contributed by atoms with Gasteiger partial charge in [0.05, 0.1) is 26.2 Å². The molecule has 138 valence electrons. The SMILES string of the molecule is CC(C)c1ccc(OCCC(=O)N2CCC(C3OCCO3)CC2)cc1. The lowest BCUT2D eigenvalue weighted by atomic mass is 9.96. The highest BCUT2D eigenvalue weighted by molar-refractivity contribution is 5.76. The average Bonchev–Trinajstić information content (AvgIpc) is 3.17. The molecule has 2 heterocycles. The van der Waals surface area contributed by atoms with Crippen LogP contribution in [0.25, 0.3) is 0 Å². The molecule has 5 nitrogen and oxygen atoms in total. The van der Waals surface area contributed by atoms with Crippen LogP contribution in [0.3, 0.4) is 0 Å². The van der Waals surface area contributed by atoms with Crippen molar-refractivity contribution in [2.75, 3.05) is 32.9 Å². The first-order valence-corrected chi connectivity index (χ1v) is 9.37. The van der Waals surface area contributed by atoms with Crippen molar-refractivity contribution >= 4 is 5.91 Å². The number of benzene rings is 1. The molecule has 2 saturated heterocycles. The molecule has 0 atom stereocenters. The zero-order valence-corrected chi connectivity index (χ0v) is 15.3. The summed E-state index contributed by atoms with van der Waals surface area (Å²) >= 11 is 0. The van der Waals surface area contributed by atoms with E-state index in [1.165, 1.54) is 5.56 Å². The van der Waals surface area contributed by atoms with Crippen LogP contribution in [-0.4, -0.2) is 50.0 Å². The molecule has 1 aromatic carbocycles. The molecule has 1 aromatic rings. The summed E-state index contributed by atoms with van der Waals surface area (Å²) < 4.78 is 16.9. The van der Waals surface area contributed by atoms with Crippen LogP contribution in [-0.2, 0) is 14.3 Å². The number of piperidine rings is 1. The predicted octanol–water partition coefficient (Wildman–Crippen LogP) is 3.19. The molecule has 2 aliphatic rings. The highest BCUT2D eigenvalue weighted by atomic mass is 16.7. The maximum Gasteiger partial charge on any atom is 0.225 e. The van der Waals surface area contributed by atoms with Crippen LogP contribution in [0.5, 0.6) is 5.75 Å². The van der Waals surface area contributed by atoms with Crippen LogP contribution < -0.4 is 4.74 Å². The van der Waals surface area contributed by atoms with Crippen LogP contribution in [0.1, 0.15) is 44.6 Å². The van der Waals surface area contributed by atoms with E-state index in [-0.39, 0.29) is 12.2 Å². The van der Waals surface area contributed by atoms with Gasteiger partial charge in [-0.2, -0.15) is 0 Å². The molecule has 2 aliphatic heterocycles. The van der Waals surface area contributed by atoms with E-state index in [2.05, 4.69) is 26.0 Å². The maximum absolute atomic E-state index is 12.3. The number of likely N-dealkylation sites (tertiary alicyclic amines) is 1. The molecule has 3 rings (SSSR count). The van der Waals surface area contributed by atoms with Crippen LogP contribution in [0.15, 0.2) is 24.3 Å². The van der Waals surface area contributed by atoms with E-state index in [1.807, 2.05) is 17.0 Å². The van der Waals surface area contributed by atoms with Gasteiger partial charge in [-0.1, -0.05) is 26.0 Å². The Bertz CT molecular complexity index is 543. The summed E-state index contributed by atoms with van der Waals surface area (Å²) in [6, 6.07) is 8.12. The fourth-order valence-electron chi connectivity index (χ4n) is 3.43. The third-order valence-corrected chi connectivity index (χ3v) is 5.06. The van der Waals surface area contributed by atoms with Crippen molar-refractivity contribution in [1.82, 2.24) is 4.90 Å². The molecule has 25 heavy (non-hydrogen) atoms. The largest absolute Gasteiger partial charge is 0.493 e. The first kappa shape index (κ1) is 18.2. The van der Waals surface area contributed by atoms with E-state index < -0.39 is 0 Å². The fraction of sp³-hybridized carbons (Fsp3) is 0.650. The highest BCUT2D eigenvalue weighted by Crippen LogP contribution is 2.26. The predicted molar refractivity (Wildman–Crippen MR) is 95.6 cm³/mol. The number of rotatable bonds is 6. The van der Waals surface area contributed by atoms with Gasteiger partial charge < -0.3 is 19.1 Å². The van der Waals surface area contributed by atoms with E-state index in [1.54, 1.807) is 0 Å². The van der Waals surface area contributed by atoms with Gasteiger partial charge in [-0.05, 0) is 36.5 Å². The monoisotopic (exact) mass is 347 g/mol. The van der Waals surface area contributed by atoms with Crippen molar-refractivity contribution in [2.45, 2.75) is 45.3 Å². The second-order valence-corrected chi connectivity index (χ2v) is 7.15. The number of ether oxygens (including phenoxy) is 3. The van der Waals surface area contributed by atoms with Crippen molar-refractivity contribution in [3.05, 3.63) is 29.8 Å². The molecular weight excluding hydrogens is 318 g/mol. The zero-order chi connectivity index (χ0) is 17.6. The second kappa shape index (κ2) is 8.68. The quantitative estimate of drug-likeness (QED) is 0.793. The third-order valence-electron chi connectivity index (χ3n) is 5.06. The van der Waals surface area contributed by atoms with Gasteiger partial charge in [0.25, 0.3) is 0 Å². The molecule has 1 amide bonds. The molecular formula is C20H29NO4. The molecule has 0 unspecified atom stereocenters. The molecule has 0 spiro atoms. The minimum absolute atomic E-state index is 0.0607. The number of hydrogen-bond acceptors (Lipinski definition) is 4. The summed E-state index contributed by atoms with van der Waals surface area (Å²) in [4.78, 5) is 14.3. The van der Waals surface area contributed by atoms with Gasteiger partial charge >= 0.3 is 0 Å². The fourth-order valence-corrected chi connectivity index (χ4v) is 3.43. The lowest BCUT2D eigenvalue weighted by Gasteiger charge is -2.33. The Morgan fingerprint density at radius 1 is 1.16 bits per heavy atom. The Hall–Kier alpha value is -1.59. The Morgan fingerprint density at radius 2 is 1.80 bits per heavy atom. The molecule has 5 heteroatoms. The Kier molecular flexibility index (Phi) is 6.32. The topological polar surface area (TPSA) is 48.0 Å². The minimum atomic E-state index is -0.0607. The Morgan fingerprint density at radius 3 is 2.40 bits per heavy atom. The van der Waals surface area contributed by atoms with E-state index in [4.69, 9.17) is 14.2 Å². The first-order chi connectivity index (χ1) is 12.1. The molecule has 2 fully saturated rings. The lowest BCUT2D eigenvalue weighted by molar-refractivity contribution is -0.137.